The average Bonchev–Trinajstić information content (AvgIpc) is 2.26. The number of nitrogens with zero attached hydrogens (tertiary/aromatic N) is 1. The first-order valence-electron chi connectivity index (χ1n) is 5.37. The summed E-state index contributed by atoms with van der Waals surface area (Å²) in [6.45, 7) is 1.50. The van der Waals surface area contributed by atoms with Crippen molar-refractivity contribution in [2.24, 2.45) is 0 Å². The molecule has 0 amide bonds. The Labute approximate surface area is 119 Å². The highest BCUT2D eigenvalue weighted by molar-refractivity contribution is 9.10. The largest absolute Gasteiger partial charge is 0.466 e. The van der Waals surface area contributed by atoms with Gasteiger partial charge in [0.25, 0.3) is 6.43 Å². The van der Waals surface area contributed by atoms with E-state index < -0.39 is 41.9 Å². The van der Waals surface area contributed by atoms with Crippen LogP contribution in [0.2, 0.25) is 0 Å². The van der Waals surface area contributed by atoms with Gasteiger partial charge in [-0.3, -0.25) is 4.79 Å². The lowest BCUT2D eigenvalue weighted by atomic mass is 10.1. The summed E-state index contributed by atoms with van der Waals surface area (Å²) < 4.78 is 67.7. The summed E-state index contributed by atoms with van der Waals surface area (Å²) in [6.07, 6.45) is -8.80. The highest BCUT2D eigenvalue weighted by Crippen LogP contribution is 2.35. The maximum Gasteiger partial charge on any atom is 0.433 e. The van der Waals surface area contributed by atoms with Gasteiger partial charge in [0.2, 0.25) is 0 Å². The van der Waals surface area contributed by atoms with Crippen molar-refractivity contribution in [3.05, 3.63) is 27.5 Å². The summed E-state index contributed by atoms with van der Waals surface area (Å²) in [7, 11) is 0. The number of carbonyl (C=O) groups excluding carboxylic acids is 1. The van der Waals surface area contributed by atoms with E-state index in [1.54, 1.807) is 0 Å². The van der Waals surface area contributed by atoms with Crippen LogP contribution < -0.4 is 0 Å². The van der Waals surface area contributed by atoms with E-state index >= 15 is 0 Å². The van der Waals surface area contributed by atoms with Crippen molar-refractivity contribution in [1.29, 1.82) is 0 Å². The van der Waals surface area contributed by atoms with Crippen LogP contribution in [0.5, 0.6) is 0 Å². The maximum atomic E-state index is 12.8. The Morgan fingerprint density at radius 2 is 2.05 bits per heavy atom. The van der Waals surface area contributed by atoms with Gasteiger partial charge in [0.05, 0.1) is 13.0 Å². The molecule has 0 atom stereocenters. The van der Waals surface area contributed by atoms with Crippen molar-refractivity contribution in [2.45, 2.75) is 25.9 Å². The van der Waals surface area contributed by atoms with E-state index in [0.29, 0.717) is 0 Å². The van der Waals surface area contributed by atoms with Gasteiger partial charge in [-0.1, -0.05) is 0 Å². The SMILES string of the molecule is CCOC(=O)Cc1cc(Br)c(C(F)F)nc1C(F)(F)F. The van der Waals surface area contributed by atoms with Crippen molar-refractivity contribution in [3.63, 3.8) is 0 Å². The van der Waals surface area contributed by atoms with E-state index in [9.17, 15) is 26.7 Å². The summed E-state index contributed by atoms with van der Waals surface area (Å²) in [5, 5.41) is 0. The zero-order chi connectivity index (χ0) is 15.5. The first kappa shape index (κ1) is 16.8. The Morgan fingerprint density at radius 3 is 2.50 bits per heavy atom. The third-order valence-electron chi connectivity index (χ3n) is 2.20. The van der Waals surface area contributed by atoms with Gasteiger partial charge in [-0.25, -0.2) is 13.8 Å². The van der Waals surface area contributed by atoms with Crippen molar-refractivity contribution in [3.8, 4) is 0 Å². The molecule has 20 heavy (non-hydrogen) atoms. The second kappa shape index (κ2) is 6.47. The van der Waals surface area contributed by atoms with Crippen LogP contribution in [-0.2, 0) is 22.1 Å². The van der Waals surface area contributed by atoms with Crippen molar-refractivity contribution >= 4 is 21.9 Å². The Morgan fingerprint density at radius 1 is 1.45 bits per heavy atom. The van der Waals surface area contributed by atoms with E-state index in [-0.39, 0.29) is 11.1 Å². The molecule has 0 aliphatic rings. The van der Waals surface area contributed by atoms with Crippen LogP contribution in [0.15, 0.2) is 10.5 Å². The first-order chi connectivity index (χ1) is 9.16. The summed E-state index contributed by atoms with van der Waals surface area (Å²) in [5.41, 5.74) is -3.05. The molecule has 1 rings (SSSR count). The van der Waals surface area contributed by atoms with Crippen LogP contribution in [0, 0.1) is 0 Å². The van der Waals surface area contributed by atoms with Gasteiger partial charge in [0, 0.05) is 4.47 Å². The number of pyridine rings is 1. The highest BCUT2D eigenvalue weighted by Gasteiger charge is 2.37. The lowest BCUT2D eigenvalue weighted by Crippen LogP contribution is -2.17. The average molecular weight is 362 g/mol. The molecule has 0 aliphatic carbocycles. The molecule has 0 aliphatic heterocycles. The van der Waals surface area contributed by atoms with Crippen molar-refractivity contribution in [2.75, 3.05) is 6.61 Å². The topological polar surface area (TPSA) is 39.2 Å². The van der Waals surface area contributed by atoms with E-state index in [1.165, 1.54) is 6.92 Å². The molecule has 0 fully saturated rings. The molecule has 0 spiro atoms. The van der Waals surface area contributed by atoms with Crippen LogP contribution in [0.25, 0.3) is 0 Å². The normalized spacial score (nSPS) is 11.8. The summed E-state index contributed by atoms with van der Waals surface area (Å²) in [6, 6.07) is 0.814. The van der Waals surface area contributed by atoms with E-state index in [4.69, 9.17) is 0 Å². The number of hydrogen-bond donors (Lipinski definition) is 0. The quantitative estimate of drug-likeness (QED) is 0.602. The fourth-order valence-corrected chi connectivity index (χ4v) is 1.98. The molecule has 0 unspecified atom stereocenters. The Kier molecular flexibility index (Phi) is 5.43. The van der Waals surface area contributed by atoms with E-state index in [2.05, 4.69) is 25.7 Å². The van der Waals surface area contributed by atoms with E-state index in [1.807, 2.05) is 0 Å². The molecule has 0 saturated heterocycles. The fourth-order valence-electron chi connectivity index (χ4n) is 1.44. The maximum absolute atomic E-state index is 12.8. The zero-order valence-electron chi connectivity index (χ0n) is 10.1. The van der Waals surface area contributed by atoms with Crippen LogP contribution >= 0.6 is 15.9 Å². The fraction of sp³-hybridized carbons (Fsp3) is 0.455. The van der Waals surface area contributed by atoms with Crippen LogP contribution in [-0.4, -0.2) is 17.6 Å². The second-order valence-electron chi connectivity index (χ2n) is 3.64. The minimum atomic E-state index is -4.94. The van der Waals surface area contributed by atoms with E-state index in [0.717, 1.165) is 6.07 Å². The predicted molar refractivity (Wildman–Crippen MR) is 62.2 cm³/mol. The van der Waals surface area contributed by atoms with Crippen LogP contribution in [0.4, 0.5) is 22.0 Å². The minimum Gasteiger partial charge on any atom is -0.466 e. The second-order valence-corrected chi connectivity index (χ2v) is 4.50. The number of aromatic nitrogens is 1. The molecule has 0 aromatic carbocycles. The number of rotatable bonds is 4. The molecule has 1 aromatic heterocycles. The summed E-state index contributed by atoms with van der Waals surface area (Å²) in [4.78, 5) is 14.2. The Balaban J connectivity index is 3.28. The first-order valence-corrected chi connectivity index (χ1v) is 6.16. The lowest BCUT2D eigenvalue weighted by molar-refractivity contribution is -0.144. The van der Waals surface area contributed by atoms with Crippen LogP contribution in [0.3, 0.4) is 0 Å². The predicted octanol–water partition coefficient (Wildman–Crippen LogP) is 3.91. The molecular formula is C11H9BrF5NO2. The van der Waals surface area contributed by atoms with Gasteiger partial charge in [-0.15, -0.1) is 0 Å². The number of halogens is 6. The minimum absolute atomic E-state index is 0.00387. The smallest absolute Gasteiger partial charge is 0.433 e. The molecule has 9 heteroatoms. The van der Waals surface area contributed by atoms with Crippen LogP contribution in [0.1, 0.15) is 30.3 Å². The molecular weight excluding hydrogens is 353 g/mol. The zero-order valence-corrected chi connectivity index (χ0v) is 11.7. The number of ether oxygens (including phenoxy) is 1. The van der Waals surface area contributed by atoms with Gasteiger partial charge < -0.3 is 4.74 Å². The summed E-state index contributed by atoms with van der Waals surface area (Å²) in [5.74, 6) is -0.892. The number of hydrogen-bond acceptors (Lipinski definition) is 3. The van der Waals surface area contributed by atoms with Gasteiger partial charge >= 0.3 is 12.1 Å². The monoisotopic (exact) mass is 361 g/mol. The third-order valence-corrected chi connectivity index (χ3v) is 2.83. The summed E-state index contributed by atoms with van der Waals surface area (Å²) >= 11 is 2.72. The molecule has 112 valence electrons. The Bertz CT molecular complexity index is 504. The van der Waals surface area contributed by atoms with Gasteiger partial charge in [-0.05, 0) is 34.5 Å². The molecule has 0 N–H and O–H groups in total. The van der Waals surface area contributed by atoms with Gasteiger partial charge in [0.1, 0.15) is 11.4 Å². The molecule has 0 saturated carbocycles. The van der Waals surface area contributed by atoms with Gasteiger partial charge in [-0.2, -0.15) is 13.2 Å². The van der Waals surface area contributed by atoms with Crippen molar-refractivity contribution < 1.29 is 31.5 Å². The van der Waals surface area contributed by atoms with Crippen molar-refractivity contribution in [1.82, 2.24) is 4.98 Å². The molecule has 1 heterocycles. The van der Waals surface area contributed by atoms with Gasteiger partial charge in [0.15, 0.2) is 0 Å². The third kappa shape index (κ3) is 4.12. The molecule has 3 nitrogen and oxygen atoms in total. The number of esters is 1. The molecule has 0 radical (unpaired) electrons. The molecule has 0 bridgehead atoms. The standard InChI is InChI=1S/C11H9BrF5NO2/c1-2-20-7(19)4-5-3-6(12)8(10(13)14)18-9(5)11(15,16)17/h3,10H,2,4H2,1H3. The molecule has 1 aromatic rings. The lowest BCUT2D eigenvalue weighted by Gasteiger charge is -2.14. The number of carbonyl (C=O) groups is 1. The number of alkyl halides is 5. The highest BCUT2D eigenvalue weighted by atomic mass is 79.9. The Hall–Kier alpha value is -1.25.